The summed E-state index contributed by atoms with van der Waals surface area (Å²) in [7, 11) is 1.58. The average Bonchev–Trinajstić information content (AvgIpc) is 2.86. The van der Waals surface area contributed by atoms with Gasteiger partial charge in [-0.3, -0.25) is 14.2 Å². The zero-order valence-corrected chi connectivity index (χ0v) is 18.9. The number of benzene rings is 3. The molecule has 8 heteroatoms. The highest BCUT2D eigenvalue weighted by atomic mass is 32.2. The predicted molar refractivity (Wildman–Crippen MR) is 130 cm³/mol. The number of hydrogen-bond acceptors (Lipinski definition) is 6. The van der Waals surface area contributed by atoms with Gasteiger partial charge in [0.15, 0.2) is 16.7 Å². The van der Waals surface area contributed by atoms with Crippen molar-refractivity contribution >= 4 is 28.6 Å². The van der Waals surface area contributed by atoms with E-state index >= 15 is 0 Å². The molecule has 3 aromatic carbocycles. The second kappa shape index (κ2) is 10.7. The van der Waals surface area contributed by atoms with E-state index < -0.39 is 0 Å². The first-order valence-corrected chi connectivity index (χ1v) is 11.4. The van der Waals surface area contributed by atoms with Gasteiger partial charge in [-0.2, -0.15) is 0 Å². The van der Waals surface area contributed by atoms with Crippen LogP contribution in [0.5, 0.6) is 11.5 Å². The molecule has 168 valence electrons. The van der Waals surface area contributed by atoms with Crippen molar-refractivity contribution in [2.45, 2.75) is 5.16 Å². The number of ether oxygens (including phenoxy) is 2. The Hall–Kier alpha value is -3.78. The summed E-state index contributed by atoms with van der Waals surface area (Å²) < 4.78 is 12.5. The van der Waals surface area contributed by atoms with Gasteiger partial charge >= 0.3 is 0 Å². The first kappa shape index (κ1) is 22.4. The Morgan fingerprint density at radius 2 is 1.67 bits per heavy atom. The number of amides is 1. The molecular formula is C25H23N3O4S. The molecular weight excluding hydrogens is 438 g/mol. The lowest BCUT2D eigenvalue weighted by Crippen LogP contribution is -2.30. The third-order valence-corrected chi connectivity index (χ3v) is 5.78. The van der Waals surface area contributed by atoms with Crippen LogP contribution in [0.25, 0.3) is 16.6 Å². The first-order chi connectivity index (χ1) is 16.2. The number of nitrogens with one attached hydrogen (secondary N) is 1. The molecule has 0 spiro atoms. The molecule has 0 saturated carbocycles. The number of aromatic nitrogens is 2. The maximum Gasteiger partial charge on any atom is 0.266 e. The highest BCUT2D eigenvalue weighted by Crippen LogP contribution is 2.25. The summed E-state index contributed by atoms with van der Waals surface area (Å²) >= 11 is 1.22. The molecule has 0 atom stereocenters. The van der Waals surface area contributed by atoms with E-state index in [2.05, 4.69) is 10.3 Å². The Labute approximate surface area is 195 Å². The summed E-state index contributed by atoms with van der Waals surface area (Å²) in [6.45, 7) is 0.647. The molecule has 0 unspecified atom stereocenters. The van der Waals surface area contributed by atoms with E-state index in [0.29, 0.717) is 46.4 Å². The standard InChI is InChI=1S/C25H23N3O4S/c1-31-21-13-7-8-14-22(21)32-16-15-26-23(29)17-33-25-27-20-12-6-5-11-19(20)24(30)28(25)18-9-3-2-4-10-18/h2-14H,15-17H2,1H3,(H,26,29). The second-order valence-corrected chi connectivity index (χ2v) is 7.97. The minimum Gasteiger partial charge on any atom is -0.493 e. The van der Waals surface area contributed by atoms with Gasteiger partial charge in [0.2, 0.25) is 5.91 Å². The third kappa shape index (κ3) is 5.35. The van der Waals surface area contributed by atoms with Crippen molar-refractivity contribution in [1.29, 1.82) is 0 Å². The average molecular weight is 462 g/mol. The molecule has 33 heavy (non-hydrogen) atoms. The topological polar surface area (TPSA) is 82.5 Å². The summed E-state index contributed by atoms with van der Waals surface area (Å²) in [6.07, 6.45) is 0. The Balaban J connectivity index is 1.42. The van der Waals surface area contributed by atoms with Gasteiger partial charge in [-0.05, 0) is 36.4 Å². The lowest BCUT2D eigenvalue weighted by molar-refractivity contribution is -0.118. The van der Waals surface area contributed by atoms with Crippen molar-refractivity contribution in [1.82, 2.24) is 14.9 Å². The number of carbonyl (C=O) groups is 1. The Morgan fingerprint density at radius 3 is 2.45 bits per heavy atom. The SMILES string of the molecule is COc1ccccc1OCCNC(=O)CSc1nc2ccccc2c(=O)n1-c1ccccc1. The van der Waals surface area contributed by atoms with E-state index in [0.717, 1.165) is 0 Å². The fourth-order valence-corrected chi connectivity index (χ4v) is 4.13. The van der Waals surface area contributed by atoms with E-state index in [-0.39, 0.29) is 17.2 Å². The fourth-order valence-electron chi connectivity index (χ4n) is 3.28. The van der Waals surface area contributed by atoms with Gasteiger partial charge in [0.25, 0.3) is 5.56 Å². The van der Waals surface area contributed by atoms with Crippen molar-refractivity contribution in [2.75, 3.05) is 26.0 Å². The van der Waals surface area contributed by atoms with E-state index in [1.165, 1.54) is 11.8 Å². The van der Waals surface area contributed by atoms with Gasteiger partial charge in [-0.25, -0.2) is 4.98 Å². The number of carbonyl (C=O) groups excluding carboxylic acids is 1. The van der Waals surface area contributed by atoms with Crippen molar-refractivity contribution < 1.29 is 14.3 Å². The smallest absolute Gasteiger partial charge is 0.266 e. The lowest BCUT2D eigenvalue weighted by atomic mass is 10.2. The fraction of sp³-hybridized carbons (Fsp3) is 0.160. The van der Waals surface area contributed by atoms with Crippen LogP contribution in [-0.2, 0) is 4.79 Å². The van der Waals surface area contributed by atoms with Crippen LogP contribution in [0.15, 0.2) is 88.8 Å². The quantitative estimate of drug-likeness (QED) is 0.233. The number of fused-ring (bicyclic) bond motifs is 1. The third-order valence-electron chi connectivity index (χ3n) is 4.84. The van der Waals surface area contributed by atoms with Crippen molar-refractivity contribution in [3.05, 3.63) is 89.2 Å². The molecule has 0 radical (unpaired) electrons. The van der Waals surface area contributed by atoms with E-state index in [1.54, 1.807) is 23.8 Å². The normalized spacial score (nSPS) is 10.7. The summed E-state index contributed by atoms with van der Waals surface area (Å²) in [6, 6.07) is 23.8. The number of methoxy groups -OCH3 is 1. The molecule has 0 aliphatic carbocycles. The minimum atomic E-state index is -0.175. The molecule has 4 aromatic rings. The molecule has 1 amide bonds. The van der Waals surface area contributed by atoms with Crippen LogP contribution in [-0.4, -0.2) is 41.5 Å². The number of nitrogens with zero attached hydrogens (tertiary/aromatic N) is 2. The van der Waals surface area contributed by atoms with Crippen molar-refractivity contribution in [3.63, 3.8) is 0 Å². The number of rotatable bonds is 9. The summed E-state index contributed by atoms with van der Waals surface area (Å²) in [5.41, 5.74) is 1.14. The number of para-hydroxylation sites is 4. The highest BCUT2D eigenvalue weighted by Gasteiger charge is 2.14. The molecule has 1 N–H and O–H groups in total. The molecule has 0 fully saturated rings. The summed E-state index contributed by atoms with van der Waals surface area (Å²) in [5.74, 6) is 1.20. The number of hydrogen-bond donors (Lipinski definition) is 1. The highest BCUT2D eigenvalue weighted by molar-refractivity contribution is 7.99. The molecule has 4 rings (SSSR count). The van der Waals surface area contributed by atoms with Crippen LogP contribution >= 0.6 is 11.8 Å². The second-order valence-electron chi connectivity index (χ2n) is 7.03. The van der Waals surface area contributed by atoms with Crippen LogP contribution in [0, 0.1) is 0 Å². The van der Waals surface area contributed by atoms with Crippen LogP contribution in [0.3, 0.4) is 0 Å². The predicted octanol–water partition coefficient (Wildman–Crippen LogP) is 3.68. The zero-order valence-electron chi connectivity index (χ0n) is 18.1. The molecule has 1 heterocycles. The largest absolute Gasteiger partial charge is 0.493 e. The summed E-state index contributed by atoms with van der Waals surface area (Å²) in [5, 5.41) is 3.83. The van der Waals surface area contributed by atoms with Gasteiger partial charge in [0.05, 0.1) is 36.0 Å². The monoisotopic (exact) mass is 461 g/mol. The molecule has 1 aromatic heterocycles. The molecule has 0 aliphatic heterocycles. The Bertz CT molecular complexity index is 1310. The number of thioether (sulfide) groups is 1. The van der Waals surface area contributed by atoms with E-state index in [9.17, 15) is 9.59 Å². The van der Waals surface area contributed by atoms with Crippen LogP contribution in [0.2, 0.25) is 0 Å². The van der Waals surface area contributed by atoms with E-state index in [1.807, 2.05) is 66.7 Å². The van der Waals surface area contributed by atoms with Gasteiger partial charge in [0, 0.05) is 0 Å². The van der Waals surface area contributed by atoms with Gasteiger partial charge in [-0.1, -0.05) is 54.2 Å². The van der Waals surface area contributed by atoms with Gasteiger partial charge in [-0.15, -0.1) is 0 Å². The molecule has 7 nitrogen and oxygen atoms in total. The summed E-state index contributed by atoms with van der Waals surface area (Å²) in [4.78, 5) is 30.2. The van der Waals surface area contributed by atoms with Crippen molar-refractivity contribution in [2.24, 2.45) is 0 Å². The van der Waals surface area contributed by atoms with Crippen LogP contribution < -0.4 is 20.3 Å². The van der Waals surface area contributed by atoms with Gasteiger partial charge in [0.1, 0.15) is 6.61 Å². The Morgan fingerprint density at radius 1 is 0.970 bits per heavy atom. The van der Waals surface area contributed by atoms with E-state index in [4.69, 9.17) is 9.47 Å². The minimum absolute atomic E-state index is 0.117. The molecule has 0 bridgehead atoms. The van der Waals surface area contributed by atoms with Gasteiger partial charge < -0.3 is 14.8 Å². The zero-order chi connectivity index (χ0) is 23.0. The Kier molecular flexibility index (Phi) is 7.26. The molecule has 0 aliphatic rings. The maximum atomic E-state index is 13.2. The first-order valence-electron chi connectivity index (χ1n) is 10.4. The van der Waals surface area contributed by atoms with Crippen LogP contribution in [0.4, 0.5) is 0 Å². The van der Waals surface area contributed by atoms with Crippen molar-refractivity contribution in [3.8, 4) is 17.2 Å². The molecule has 0 saturated heterocycles. The lowest BCUT2D eigenvalue weighted by Gasteiger charge is -2.13. The maximum absolute atomic E-state index is 13.2. The van der Waals surface area contributed by atoms with Crippen LogP contribution in [0.1, 0.15) is 0 Å².